The minimum atomic E-state index is -0.783. The Morgan fingerprint density at radius 2 is 0.860 bits per heavy atom. The first kappa shape index (κ1) is 48.1. The lowest BCUT2D eigenvalue weighted by Gasteiger charge is -2.15. The van der Waals surface area contributed by atoms with Crippen molar-refractivity contribution in [3.05, 3.63) is 36.5 Å². The second-order valence-electron chi connectivity index (χ2n) is 14.4. The molecule has 0 aromatic heterocycles. The van der Waals surface area contributed by atoms with Crippen molar-refractivity contribution in [2.24, 2.45) is 0 Å². The van der Waals surface area contributed by atoms with E-state index >= 15 is 0 Å². The SMILES string of the molecule is CC/C=C\C/C=C\C/C=C\CCCCCC(=O)OC(CO)COC(=O)CCCCCCCCCCCCCCCCCCCCCCCCC. The number of aliphatic hydroxyl groups is 1. The van der Waals surface area contributed by atoms with E-state index in [2.05, 4.69) is 50.3 Å². The number of carbonyl (C=O) groups excluding carboxylic acids is 2. The second kappa shape index (κ2) is 41.5. The molecule has 5 heteroatoms. The van der Waals surface area contributed by atoms with Gasteiger partial charge in [0.05, 0.1) is 6.61 Å². The number of aliphatic hydroxyl groups excluding tert-OH is 1. The Labute approximate surface area is 310 Å². The lowest BCUT2D eigenvalue weighted by atomic mass is 10.0. The van der Waals surface area contributed by atoms with Gasteiger partial charge in [-0.2, -0.15) is 0 Å². The van der Waals surface area contributed by atoms with Crippen LogP contribution in [0.5, 0.6) is 0 Å². The van der Waals surface area contributed by atoms with E-state index in [1.54, 1.807) is 0 Å². The average Bonchev–Trinajstić information content (AvgIpc) is 3.12. The molecule has 5 nitrogen and oxygen atoms in total. The summed E-state index contributed by atoms with van der Waals surface area (Å²) in [4.78, 5) is 24.3. The van der Waals surface area contributed by atoms with Gasteiger partial charge in [0, 0.05) is 12.8 Å². The molecule has 1 N–H and O–H groups in total. The predicted molar refractivity (Wildman–Crippen MR) is 214 cm³/mol. The summed E-state index contributed by atoms with van der Waals surface area (Å²) in [6.07, 6.45) is 50.9. The van der Waals surface area contributed by atoms with Crippen LogP contribution in [0.1, 0.15) is 219 Å². The van der Waals surface area contributed by atoms with Crippen LogP contribution in [0.25, 0.3) is 0 Å². The van der Waals surface area contributed by atoms with Crippen LogP contribution in [-0.2, 0) is 19.1 Å². The maximum atomic E-state index is 12.1. The van der Waals surface area contributed by atoms with E-state index in [1.165, 1.54) is 128 Å². The number of allylic oxidation sites excluding steroid dienone is 6. The molecule has 0 rings (SSSR count). The van der Waals surface area contributed by atoms with E-state index < -0.39 is 6.10 Å². The Kier molecular flexibility index (Phi) is 40.0. The minimum absolute atomic E-state index is 0.0748. The third kappa shape index (κ3) is 38.9. The number of ether oxygens (including phenoxy) is 2. The zero-order chi connectivity index (χ0) is 36.4. The van der Waals surface area contributed by atoms with Gasteiger partial charge in [0.15, 0.2) is 6.10 Å². The van der Waals surface area contributed by atoms with Gasteiger partial charge in [-0.15, -0.1) is 0 Å². The van der Waals surface area contributed by atoms with Gasteiger partial charge >= 0.3 is 11.9 Å². The Bertz CT molecular complexity index is 801. The molecule has 0 radical (unpaired) electrons. The molecule has 0 bridgehead atoms. The van der Waals surface area contributed by atoms with Gasteiger partial charge in [0.2, 0.25) is 0 Å². The van der Waals surface area contributed by atoms with Gasteiger partial charge < -0.3 is 14.6 Å². The third-order valence-corrected chi connectivity index (χ3v) is 9.45. The van der Waals surface area contributed by atoms with Crippen LogP contribution in [0.3, 0.4) is 0 Å². The fourth-order valence-corrected chi connectivity index (χ4v) is 6.22. The molecule has 0 heterocycles. The standard InChI is InChI=1S/C45H82O5/c1-3-5-7-9-11-13-15-17-18-19-20-21-22-23-24-25-26-28-29-31-33-35-37-39-44(47)49-42-43(41-46)50-45(48)40-38-36-34-32-30-27-16-14-12-10-8-6-4-2/h6,8,12,14,27,30,43,46H,3-5,7,9-11,13,15-26,28-29,31-42H2,1-2H3/b8-6-,14-12-,30-27-. The average molecular weight is 703 g/mol. The largest absolute Gasteiger partial charge is 0.462 e. The van der Waals surface area contributed by atoms with Crippen molar-refractivity contribution in [3.8, 4) is 0 Å². The smallest absolute Gasteiger partial charge is 0.306 e. The Morgan fingerprint density at radius 3 is 1.30 bits per heavy atom. The van der Waals surface area contributed by atoms with Crippen molar-refractivity contribution in [1.82, 2.24) is 0 Å². The lowest BCUT2D eigenvalue weighted by Crippen LogP contribution is -2.28. The van der Waals surface area contributed by atoms with E-state index in [9.17, 15) is 14.7 Å². The van der Waals surface area contributed by atoms with Crippen molar-refractivity contribution in [2.75, 3.05) is 13.2 Å². The molecule has 0 saturated carbocycles. The lowest BCUT2D eigenvalue weighted by molar-refractivity contribution is -0.161. The molecule has 0 fully saturated rings. The van der Waals surface area contributed by atoms with Crippen LogP contribution >= 0.6 is 0 Å². The summed E-state index contributed by atoms with van der Waals surface area (Å²) in [5, 5.41) is 9.55. The summed E-state index contributed by atoms with van der Waals surface area (Å²) in [6.45, 7) is 4.01. The monoisotopic (exact) mass is 703 g/mol. The summed E-state index contributed by atoms with van der Waals surface area (Å²) >= 11 is 0. The molecular weight excluding hydrogens is 620 g/mol. The molecule has 0 saturated heterocycles. The summed E-state index contributed by atoms with van der Waals surface area (Å²) < 4.78 is 10.6. The molecule has 50 heavy (non-hydrogen) atoms. The van der Waals surface area contributed by atoms with Crippen molar-refractivity contribution in [3.63, 3.8) is 0 Å². The summed E-state index contributed by atoms with van der Waals surface area (Å²) in [5.41, 5.74) is 0. The van der Waals surface area contributed by atoms with Gasteiger partial charge in [0.25, 0.3) is 0 Å². The van der Waals surface area contributed by atoms with E-state index in [-0.39, 0.29) is 25.2 Å². The molecule has 0 aromatic carbocycles. The molecule has 0 aliphatic rings. The number of unbranched alkanes of at least 4 members (excludes halogenated alkanes) is 25. The van der Waals surface area contributed by atoms with Gasteiger partial charge in [-0.25, -0.2) is 0 Å². The van der Waals surface area contributed by atoms with Crippen LogP contribution in [0.2, 0.25) is 0 Å². The van der Waals surface area contributed by atoms with E-state index in [0.29, 0.717) is 12.8 Å². The van der Waals surface area contributed by atoms with Crippen molar-refractivity contribution < 1.29 is 24.2 Å². The molecule has 0 aliphatic heterocycles. The Hall–Kier alpha value is -1.88. The van der Waals surface area contributed by atoms with E-state index in [0.717, 1.165) is 64.2 Å². The van der Waals surface area contributed by atoms with Crippen LogP contribution in [0.4, 0.5) is 0 Å². The summed E-state index contributed by atoms with van der Waals surface area (Å²) in [6, 6.07) is 0. The molecule has 1 unspecified atom stereocenters. The van der Waals surface area contributed by atoms with Gasteiger partial charge in [-0.05, 0) is 44.9 Å². The Morgan fingerprint density at radius 1 is 0.480 bits per heavy atom. The maximum absolute atomic E-state index is 12.1. The normalized spacial score (nSPS) is 12.5. The van der Waals surface area contributed by atoms with E-state index in [1.807, 2.05) is 0 Å². The highest BCUT2D eigenvalue weighted by atomic mass is 16.6. The molecule has 1 atom stereocenters. The number of carbonyl (C=O) groups is 2. The highest BCUT2D eigenvalue weighted by Crippen LogP contribution is 2.16. The minimum Gasteiger partial charge on any atom is -0.462 e. The van der Waals surface area contributed by atoms with Crippen LogP contribution in [0, 0.1) is 0 Å². The molecule has 0 aromatic rings. The summed E-state index contributed by atoms with van der Waals surface area (Å²) in [7, 11) is 0. The zero-order valence-corrected chi connectivity index (χ0v) is 33.2. The highest BCUT2D eigenvalue weighted by molar-refractivity contribution is 5.70. The number of esters is 2. The topological polar surface area (TPSA) is 72.8 Å². The molecule has 292 valence electrons. The molecule has 0 spiro atoms. The van der Waals surface area contributed by atoms with Crippen molar-refractivity contribution >= 4 is 11.9 Å². The zero-order valence-electron chi connectivity index (χ0n) is 33.2. The highest BCUT2D eigenvalue weighted by Gasteiger charge is 2.16. The number of rotatable bonds is 39. The fourth-order valence-electron chi connectivity index (χ4n) is 6.22. The van der Waals surface area contributed by atoms with Crippen molar-refractivity contribution in [1.29, 1.82) is 0 Å². The van der Waals surface area contributed by atoms with Gasteiger partial charge in [-0.1, -0.05) is 198 Å². The first-order valence-electron chi connectivity index (χ1n) is 21.5. The first-order valence-corrected chi connectivity index (χ1v) is 21.5. The number of hydrogen-bond acceptors (Lipinski definition) is 5. The first-order chi connectivity index (χ1) is 24.6. The quantitative estimate of drug-likeness (QED) is 0.0392. The van der Waals surface area contributed by atoms with Gasteiger partial charge in [0.1, 0.15) is 6.61 Å². The van der Waals surface area contributed by atoms with Crippen molar-refractivity contribution in [2.45, 2.75) is 225 Å². The van der Waals surface area contributed by atoms with Gasteiger partial charge in [-0.3, -0.25) is 9.59 Å². The van der Waals surface area contributed by atoms with Crippen LogP contribution in [0.15, 0.2) is 36.5 Å². The predicted octanol–water partition coefficient (Wildman–Crippen LogP) is 13.6. The third-order valence-electron chi connectivity index (χ3n) is 9.45. The maximum Gasteiger partial charge on any atom is 0.306 e. The summed E-state index contributed by atoms with van der Waals surface area (Å²) in [5.74, 6) is -0.618. The Balaban J connectivity index is 3.49. The van der Waals surface area contributed by atoms with E-state index in [4.69, 9.17) is 9.47 Å². The second-order valence-corrected chi connectivity index (χ2v) is 14.4. The molecule has 0 amide bonds. The van der Waals surface area contributed by atoms with Crippen LogP contribution < -0.4 is 0 Å². The molecule has 0 aliphatic carbocycles. The fraction of sp³-hybridized carbons (Fsp3) is 0.822. The number of hydrogen-bond donors (Lipinski definition) is 1. The molecular formula is C45H82O5. The van der Waals surface area contributed by atoms with Crippen LogP contribution in [-0.4, -0.2) is 36.4 Å².